The molecule has 0 atom stereocenters. The van der Waals surface area contributed by atoms with Crippen LogP contribution in [0.2, 0.25) is 0 Å². The maximum atomic E-state index is 12.4. The molecule has 0 bridgehead atoms. The molecule has 0 saturated heterocycles. The number of H-pyrrole nitrogens is 1. The number of nitrogens with one attached hydrogen (secondary N) is 2. The van der Waals surface area contributed by atoms with Crippen LogP contribution in [0, 0.1) is 10.1 Å². The van der Waals surface area contributed by atoms with E-state index in [0.29, 0.717) is 20.6 Å². The second-order valence-electron chi connectivity index (χ2n) is 5.40. The number of halogens is 2. The van der Waals surface area contributed by atoms with Crippen LogP contribution in [0.1, 0.15) is 10.5 Å². The zero-order valence-electron chi connectivity index (χ0n) is 14.2. The van der Waals surface area contributed by atoms with Crippen LogP contribution in [0.15, 0.2) is 51.5 Å². The summed E-state index contributed by atoms with van der Waals surface area (Å²) in [6.07, 6.45) is 0. The molecule has 3 aromatic rings. The van der Waals surface area contributed by atoms with Crippen molar-refractivity contribution in [3.8, 4) is 17.2 Å². The van der Waals surface area contributed by atoms with Gasteiger partial charge in [-0.25, -0.2) is 0 Å². The zero-order chi connectivity index (χ0) is 20.3. The van der Waals surface area contributed by atoms with Crippen LogP contribution in [-0.2, 0) is 0 Å². The number of carbonyl (C=O) groups is 1. The lowest BCUT2D eigenvalue weighted by Crippen LogP contribution is -2.13. The zero-order valence-corrected chi connectivity index (χ0v) is 17.4. The SMILES string of the molecule is COc1ccc(Oc2cc(NC(=O)c3n[nH]c(Br)c3Br)cc([N+](=O)[O-])c2)cc1. The number of non-ortho nitro benzene ring substituents is 1. The number of hydrogen-bond donors (Lipinski definition) is 2. The molecule has 1 amide bonds. The Bertz CT molecular complexity index is 1040. The maximum Gasteiger partial charge on any atom is 0.277 e. The van der Waals surface area contributed by atoms with Crippen LogP contribution < -0.4 is 14.8 Å². The highest BCUT2D eigenvalue weighted by atomic mass is 79.9. The molecule has 2 aromatic carbocycles. The first-order valence-corrected chi connectivity index (χ1v) is 9.28. The number of hydrogen-bond acceptors (Lipinski definition) is 6. The van der Waals surface area contributed by atoms with Crippen molar-refractivity contribution in [1.29, 1.82) is 0 Å². The van der Waals surface area contributed by atoms with Crippen molar-refractivity contribution in [1.82, 2.24) is 10.2 Å². The summed E-state index contributed by atoms with van der Waals surface area (Å²) in [5, 5.41) is 20.3. The van der Waals surface area contributed by atoms with Gasteiger partial charge in [-0.15, -0.1) is 0 Å². The van der Waals surface area contributed by atoms with Gasteiger partial charge < -0.3 is 14.8 Å². The van der Waals surface area contributed by atoms with E-state index in [0.717, 1.165) is 0 Å². The number of amides is 1. The highest BCUT2D eigenvalue weighted by Gasteiger charge is 2.19. The molecule has 0 aliphatic rings. The molecule has 0 aliphatic heterocycles. The van der Waals surface area contributed by atoms with Gasteiger partial charge in [0.2, 0.25) is 0 Å². The standard InChI is InChI=1S/C17H12Br2N4O5/c1-27-11-2-4-12(5-3-11)28-13-7-9(6-10(8-13)23(25)26)20-17(24)15-14(18)16(19)22-21-15/h2-8H,1H3,(H,20,24)(H,21,22). The monoisotopic (exact) mass is 510 g/mol. The third-order valence-corrected chi connectivity index (χ3v) is 5.41. The summed E-state index contributed by atoms with van der Waals surface area (Å²) in [6.45, 7) is 0. The minimum absolute atomic E-state index is 0.0935. The Kier molecular flexibility index (Phi) is 5.95. The predicted molar refractivity (Wildman–Crippen MR) is 108 cm³/mol. The Hall–Kier alpha value is -2.92. The molecule has 2 N–H and O–H groups in total. The van der Waals surface area contributed by atoms with Crippen LogP contribution in [0.5, 0.6) is 17.2 Å². The van der Waals surface area contributed by atoms with Crippen molar-refractivity contribution in [2.24, 2.45) is 0 Å². The van der Waals surface area contributed by atoms with Crippen LogP contribution in [0.4, 0.5) is 11.4 Å². The number of methoxy groups -OCH3 is 1. The number of rotatable bonds is 6. The fourth-order valence-corrected chi connectivity index (χ4v) is 2.88. The van der Waals surface area contributed by atoms with E-state index in [1.165, 1.54) is 18.2 Å². The van der Waals surface area contributed by atoms with Crippen LogP contribution >= 0.6 is 31.9 Å². The molecular formula is C17H12Br2N4O5. The summed E-state index contributed by atoms with van der Waals surface area (Å²) in [6, 6.07) is 10.7. The fourth-order valence-electron chi connectivity index (χ4n) is 2.25. The van der Waals surface area contributed by atoms with E-state index in [2.05, 4.69) is 47.4 Å². The molecule has 0 aliphatic carbocycles. The largest absolute Gasteiger partial charge is 0.497 e. The first-order valence-electron chi connectivity index (χ1n) is 7.69. The smallest absolute Gasteiger partial charge is 0.277 e. The van der Waals surface area contributed by atoms with Gasteiger partial charge in [0, 0.05) is 12.1 Å². The molecule has 0 fully saturated rings. The minimum atomic E-state index is -0.572. The highest BCUT2D eigenvalue weighted by molar-refractivity contribution is 9.13. The maximum absolute atomic E-state index is 12.4. The van der Waals surface area contributed by atoms with Crippen LogP contribution in [0.3, 0.4) is 0 Å². The number of aromatic nitrogens is 2. The Morgan fingerprint density at radius 3 is 2.39 bits per heavy atom. The van der Waals surface area contributed by atoms with Gasteiger partial charge in [-0.2, -0.15) is 5.10 Å². The molecule has 0 spiro atoms. The van der Waals surface area contributed by atoms with Crippen LogP contribution in [0.25, 0.3) is 0 Å². The number of aromatic amines is 1. The molecular weight excluding hydrogens is 500 g/mol. The Labute approximate surface area is 175 Å². The van der Waals surface area contributed by atoms with Crippen molar-refractivity contribution in [3.05, 3.63) is 67.3 Å². The molecule has 3 rings (SSSR count). The second kappa shape index (κ2) is 8.40. The van der Waals surface area contributed by atoms with E-state index in [4.69, 9.17) is 9.47 Å². The van der Waals surface area contributed by atoms with Crippen molar-refractivity contribution >= 4 is 49.1 Å². The topological polar surface area (TPSA) is 119 Å². The Morgan fingerprint density at radius 2 is 1.82 bits per heavy atom. The van der Waals surface area contributed by atoms with Gasteiger partial charge in [-0.05, 0) is 56.1 Å². The number of anilines is 1. The molecule has 0 radical (unpaired) electrons. The number of ether oxygens (including phenoxy) is 2. The van der Waals surface area contributed by atoms with E-state index in [9.17, 15) is 14.9 Å². The third-order valence-electron chi connectivity index (χ3n) is 3.54. The van der Waals surface area contributed by atoms with Crippen molar-refractivity contribution < 1.29 is 19.2 Å². The van der Waals surface area contributed by atoms with E-state index in [1.54, 1.807) is 31.4 Å². The molecule has 144 valence electrons. The average molecular weight is 512 g/mol. The van der Waals surface area contributed by atoms with E-state index < -0.39 is 10.8 Å². The Balaban J connectivity index is 1.87. The van der Waals surface area contributed by atoms with Gasteiger partial charge in [0.05, 0.1) is 28.3 Å². The summed E-state index contributed by atoms with van der Waals surface area (Å²) in [7, 11) is 1.54. The van der Waals surface area contributed by atoms with Crippen molar-refractivity contribution in [3.63, 3.8) is 0 Å². The number of nitro benzene ring substituents is 1. The summed E-state index contributed by atoms with van der Waals surface area (Å²) >= 11 is 6.42. The van der Waals surface area contributed by atoms with Gasteiger partial charge in [-0.1, -0.05) is 0 Å². The Morgan fingerprint density at radius 1 is 1.14 bits per heavy atom. The minimum Gasteiger partial charge on any atom is -0.497 e. The average Bonchev–Trinajstić information content (AvgIpc) is 3.01. The van der Waals surface area contributed by atoms with Gasteiger partial charge in [0.1, 0.15) is 21.9 Å². The first kappa shape index (κ1) is 19.8. The lowest BCUT2D eigenvalue weighted by Gasteiger charge is -2.09. The number of nitrogens with zero attached hydrogens (tertiary/aromatic N) is 2. The predicted octanol–water partition coefficient (Wildman–Crippen LogP) is 4.90. The summed E-state index contributed by atoms with van der Waals surface area (Å²) in [5.41, 5.74) is 0.0494. The normalized spacial score (nSPS) is 10.4. The lowest BCUT2D eigenvalue weighted by molar-refractivity contribution is -0.384. The van der Waals surface area contributed by atoms with Crippen molar-refractivity contribution in [2.75, 3.05) is 12.4 Å². The summed E-state index contributed by atoms with van der Waals surface area (Å²) in [4.78, 5) is 23.1. The molecule has 1 heterocycles. The fraction of sp³-hybridized carbons (Fsp3) is 0.0588. The summed E-state index contributed by atoms with van der Waals surface area (Å²) in [5.74, 6) is 0.745. The van der Waals surface area contributed by atoms with Gasteiger partial charge in [0.15, 0.2) is 5.69 Å². The van der Waals surface area contributed by atoms with E-state index in [1.807, 2.05) is 0 Å². The molecule has 0 unspecified atom stereocenters. The molecule has 28 heavy (non-hydrogen) atoms. The molecule has 9 nitrogen and oxygen atoms in total. The molecule has 0 saturated carbocycles. The van der Waals surface area contributed by atoms with Gasteiger partial charge in [0.25, 0.3) is 11.6 Å². The number of nitro groups is 1. The van der Waals surface area contributed by atoms with Gasteiger partial charge in [-0.3, -0.25) is 20.0 Å². The second-order valence-corrected chi connectivity index (χ2v) is 6.99. The van der Waals surface area contributed by atoms with E-state index in [-0.39, 0.29) is 22.8 Å². The summed E-state index contributed by atoms with van der Waals surface area (Å²) < 4.78 is 11.7. The number of benzene rings is 2. The van der Waals surface area contributed by atoms with Gasteiger partial charge >= 0.3 is 0 Å². The third kappa shape index (κ3) is 4.49. The first-order chi connectivity index (χ1) is 13.4. The van der Waals surface area contributed by atoms with Crippen molar-refractivity contribution in [2.45, 2.75) is 0 Å². The highest BCUT2D eigenvalue weighted by Crippen LogP contribution is 2.31. The quantitative estimate of drug-likeness (QED) is 0.359. The van der Waals surface area contributed by atoms with Crippen LogP contribution in [-0.4, -0.2) is 28.1 Å². The lowest BCUT2D eigenvalue weighted by atomic mass is 10.2. The van der Waals surface area contributed by atoms with E-state index >= 15 is 0 Å². The molecule has 11 heteroatoms. The molecule has 1 aromatic heterocycles. The number of carbonyl (C=O) groups excluding carboxylic acids is 1.